The van der Waals surface area contributed by atoms with Crippen molar-refractivity contribution >= 4 is 5.97 Å². The van der Waals surface area contributed by atoms with E-state index in [1.165, 1.54) is 25.7 Å². The molecule has 0 saturated carbocycles. The molecule has 3 nitrogen and oxygen atoms in total. The molecule has 0 amide bonds. The topological polar surface area (TPSA) is 52.3 Å². The predicted molar refractivity (Wildman–Crippen MR) is 71.8 cm³/mol. The number of nitrogens with two attached hydrogens (primary N) is 1. The van der Waals surface area contributed by atoms with E-state index in [2.05, 4.69) is 19.1 Å². The quantitative estimate of drug-likeness (QED) is 0.343. The molecular formula is C14H27NO2. The summed E-state index contributed by atoms with van der Waals surface area (Å²) >= 11 is 0. The standard InChI is InChI=1S/C14H27NO2/c1-2-3-4-5-6-7-8-9-10-11-14(16)17-13-12-15/h3-4H,2,5-13,15H2,1H3/b4-3+. The molecule has 3 heteroatoms. The Bertz CT molecular complexity index is 202. The number of esters is 1. The Morgan fingerprint density at radius 2 is 1.82 bits per heavy atom. The fourth-order valence-corrected chi connectivity index (χ4v) is 1.59. The summed E-state index contributed by atoms with van der Waals surface area (Å²) in [7, 11) is 0. The zero-order valence-corrected chi connectivity index (χ0v) is 11.1. The minimum atomic E-state index is -0.110. The van der Waals surface area contributed by atoms with Crippen LogP contribution in [0.4, 0.5) is 0 Å². The van der Waals surface area contributed by atoms with Crippen LogP contribution in [0.3, 0.4) is 0 Å². The average Bonchev–Trinajstić information content (AvgIpc) is 2.34. The maximum Gasteiger partial charge on any atom is 0.305 e. The van der Waals surface area contributed by atoms with Gasteiger partial charge in [0.05, 0.1) is 0 Å². The lowest BCUT2D eigenvalue weighted by Crippen LogP contribution is -2.13. The number of hydrogen-bond donors (Lipinski definition) is 1. The lowest BCUT2D eigenvalue weighted by Gasteiger charge is -2.02. The molecule has 0 aliphatic rings. The predicted octanol–water partition coefficient (Wildman–Crippen LogP) is 3.19. The van der Waals surface area contributed by atoms with Crippen LogP contribution in [0.5, 0.6) is 0 Å². The minimum absolute atomic E-state index is 0.110. The van der Waals surface area contributed by atoms with Gasteiger partial charge in [0.2, 0.25) is 0 Å². The van der Waals surface area contributed by atoms with Gasteiger partial charge in [-0.15, -0.1) is 0 Å². The number of allylic oxidation sites excluding steroid dienone is 2. The molecule has 0 fully saturated rings. The van der Waals surface area contributed by atoms with Crippen LogP contribution in [-0.2, 0) is 9.53 Å². The fraction of sp³-hybridized carbons (Fsp3) is 0.786. The van der Waals surface area contributed by atoms with Crippen molar-refractivity contribution < 1.29 is 9.53 Å². The van der Waals surface area contributed by atoms with Gasteiger partial charge in [0.15, 0.2) is 0 Å². The van der Waals surface area contributed by atoms with Gasteiger partial charge in [-0.05, 0) is 25.7 Å². The van der Waals surface area contributed by atoms with Crippen LogP contribution in [-0.4, -0.2) is 19.1 Å². The normalized spacial score (nSPS) is 10.9. The van der Waals surface area contributed by atoms with E-state index in [1.54, 1.807) is 0 Å². The van der Waals surface area contributed by atoms with E-state index >= 15 is 0 Å². The van der Waals surface area contributed by atoms with Crippen molar-refractivity contribution in [1.82, 2.24) is 0 Å². The van der Waals surface area contributed by atoms with Gasteiger partial charge in [-0.25, -0.2) is 0 Å². The number of carbonyl (C=O) groups excluding carboxylic acids is 1. The molecule has 0 aromatic carbocycles. The third kappa shape index (κ3) is 13.1. The molecule has 0 aromatic rings. The van der Waals surface area contributed by atoms with Crippen molar-refractivity contribution in [2.24, 2.45) is 5.73 Å². The largest absolute Gasteiger partial charge is 0.464 e. The summed E-state index contributed by atoms with van der Waals surface area (Å²) in [6, 6.07) is 0. The van der Waals surface area contributed by atoms with Crippen molar-refractivity contribution in [2.75, 3.05) is 13.2 Å². The molecule has 100 valence electrons. The van der Waals surface area contributed by atoms with Gasteiger partial charge >= 0.3 is 5.97 Å². The van der Waals surface area contributed by atoms with Crippen molar-refractivity contribution in [3.8, 4) is 0 Å². The number of unbranched alkanes of at least 4 members (excludes halogenated alkanes) is 5. The highest BCUT2D eigenvalue weighted by atomic mass is 16.5. The smallest absolute Gasteiger partial charge is 0.305 e. The molecule has 0 bridgehead atoms. The first-order valence-electron chi connectivity index (χ1n) is 6.82. The summed E-state index contributed by atoms with van der Waals surface area (Å²) < 4.78 is 4.89. The fourth-order valence-electron chi connectivity index (χ4n) is 1.59. The maximum absolute atomic E-state index is 11.1. The SMILES string of the molecule is CC/C=C/CCCCCCCC(=O)OCCN. The van der Waals surface area contributed by atoms with Crippen LogP contribution in [0.25, 0.3) is 0 Å². The van der Waals surface area contributed by atoms with Gasteiger partial charge in [-0.2, -0.15) is 0 Å². The zero-order valence-electron chi connectivity index (χ0n) is 11.1. The van der Waals surface area contributed by atoms with Gasteiger partial charge in [-0.1, -0.05) is 38.3 Å². The number of rotatable bonds is 11. The van der Waals surface area contributed by atoms with Crippen LogP contribution >= 0.6 is 0 Å². The number of hydrogen-bond acceptors (Lipinski definition) is 3. The highest BCUT2D eigenvalue weighted by molar-refractivity contribution is 5.69. The summed E-state index contributed by atoms with van der Waals surface area (Å²) in [4.78, 5) is 11.1. The Morgan fingerprint density at radius 3 is 2.53 bits per heavy atom. The van der Waals surface area contributed by atoms with Crippen molar-refractivity contribution in [3.05, 3.63) is 12.2 Å². The molecule has 0 saturated heterocycles. The lowest BCUT2D eigenvalue weighted by molar-refractivity contribution is -0.143. The Balaban J connectivity index is 3.12. The number of carbonyl (C=O) groups is 1. The Morgan fingerprint density at radius 1 is 1.12 bits per heavy atom. The monoisotopic (exact) mass is 241 g/mol. The van der Waals surface area contributed by atoms with E-state index in [9.17, 15) is 4.79 Å². The summed E-state index contributed by atoms with van der Waals surface area (Å²) in [5.74, 6) is -0.110. The van der Waals surface area contributed by atoms with Crippen molar-refractivity contribution in [2.45, 2.75) is 58.3 Å². The molecule has 0 radical (unpaired) electrons. The molecule has 17 heavy (non-hydrogen) atoms. The van der Waals surface area contributed by atoms with Crippen LogP contribution in [0, 0.1) is 0 Å². The average molecular weight is 241 g/mol. The summed E-state index contributed by atoms with van der Waals surface area (Å²) in [6.07, 6.45) is 13.1. The molecule has 0 spiro atoms. The molecule has 0 heterocycles. The molecule has 0 unspecified atom stereocenters. The molecule has 0 aromatic heterocycles. The van der Waals surface area contributed by atoms with E-state index in [0.717, 1.165) is 19.3 Å². The highest BCUT2D eigenvalue weighted by Crippen LogP contribution is 2.08. The third-order valence-electron chi connectivity index (χ3n) is 2.53. The first kappa shape index (κ1) is 16.2. The summed E-state index contributed by atoms with van der Waals surface area (Å²) in [5, 5.41) is 0. The molecule has 0 aliphatic carbocycles. The van der Waals surface area contributed by atoms with Gasteiger partial charge in [0.25, 0.3) is 0 Å². The summed E-state index contributed by atoms with van der Waals surface area (Å²) in [5.41, 5.74) is 5.24. The second-order valence-electron chi connectivity index (χ2n) is 4.20. The third-order valence-corrected chi connectivity index (χ3v) is 2.53. The number of ether oxygens (including phenoxy) is 1. The Labute approximate surface area is 105 Å². The van der Waals surface area contributed by atoms with Crippen LogP contribution in [0.2, 0.25) is 0 Å². The van der Waals surface area contributed by atoms with Gasteiger partial charge < -0.3 is 10.5 Å². The van der Waals surface area contributed by atoms with Crippen LogP contribution in [0.1, 0.15) is 58.3 Å². The van der Waals surface area contributed by atoms with Gasteiger partial charge in [0, 0.05) is 13.0 Å². The van der Waals surface area contributed by atoms with Crippen LogP contribution < -0.4 is 5.73 Å². The van der Waals surface area contributed by atoms with Crippen molar-refractivity contribution in [1.29, 1.82) is 0 Å². The van der Waals surface area contributed by atoms with E-state index in [4.69, 9.17) is 10.5 Å². The van der Waals surface area contributed by atoms with Crippen LogP contribution in [0.15, 0.2) is 12.2 Å². The molecule has 2 N–H and O–H groups in total. The Kier molecular flexibility index (Phi) is 12.6. The summed E-state index contributed by atoms with van der Waals surface area (Å²) in [6.45, 7) is 2.92. The zero-order chi connectivity index (χ0) is 12.8. The lowest BCUT2D eigenvalue weighted by atomic mass is 10.1. The molecule has 0 aliphatic heterocycles. The molecular weight excluding hydrogens is 214 g/mol. The first-order valence-corrected chi connectivity index (χ1v) is 6.82. The van der Waals surface area contributed by atoms with E-state index < -0.39 is 0 Å². The maximum atomic E-state index is 11.1. The highest BCUT2D eigenvalue weighted by Gasteiger charge is 2.00. The molecule has 0 atom stereocenters. The van der Waals surface area contributed by atoms with E-state index in [-0.39, 0.29) is 5.97 Å². The molecule has 0 rings (SSSR count). The van der Waals surface area contributed by atoms with Gasteiger partial charge in [-0.3, -0.25) is 4.79 Å². The second kappa shape index (κ2) is 13.2. The van der Waals surface area contributed by atoms with Gasteiger partial charge in [0.1, 0.15) is 6.61 Å². The Hall–Kier alpha value is -0.830. The van der Waals surface area contributed by atoms with Crippen molar-refractivity contribution in [3.63, 3.8) is 0 Å². The van der Waals surface area contributed by atoms with E-state index in [1.807, 2.05) is 0 Å². The first-order chi connectivity index (χ1) is 8.31. The minimum Gasteiger partial charge on any atom is -0.464 e. The second-order valence-corrected chi connectivity index (χ2v) is 4.20. The van der Waals surface area contributed by atoms with E-state index in [0.29, 0.717) is 19.6 Å².